The van der Waals surface area contributed by atoms with E-state index in [-0.39, 0.29) is 0 Å². The van der Waals surface area contributed by atoms with Crippen LogP contribution in [0, 0.1) is 0 Å². The molecule has 1 aromatic rings. The average molecular weight is 133 g/mol. The minimum atomic E-state index is 0.510. The minimum Gasteiger partial charge on any atom is -0.390 e. The monoisotopic (exact) mass is 133 g/mol. The molecule has 0 bridgehead atoms. The van der Waals surface area contributed by atoms with Gasteiger partial charge in [0.1, 0.15) is 12.3 Å². The number of hydrogen-bond acceptors (Lipinski definition) is 3. The predicted octanol–water partition coefficient (Wildman–Crippen LogP) is 0.823. The molecule has 0 saturated carbocycles. The van der Waals surface area contributed by atoms with Crippen LogP contribution in [0.25, 0.3) is 0 Å². The Morgan fingerprint density at radius 2 is 2.60 bits per heavy atom. The summed E-state index contributed by atoms with van der Waals surface area (Å²) in [6, 6.07) is 3.82. The van der Waals surface area contributed by atoms with Crippen LogP contribution in [0.2, 0.25) is 0 Å². The molecule has 1 radical (unpaired) electrons. The summed E-state index contributed by atoms with van der Waals surface area (Å²) in [6.45, 7) is 0.510. The first-order valence-corrected chi connectivity index (χ1v) is 2.99. The van der Waals surface area contributed by atoms with Crippen LogP contribution in [0.1, 0.15) is 11.3 Å². The van der Waals surface area contributed by atoms with Crippen molar-refractivity contribution >= 4 is 6.21 Å². The lowest BCUT2D eigenvalue weighted by Gasteiger charge is -2.05. The number of hydrogen-bond donors (Lipinski definition) is 0. The Kier molecular flexibility index (Phi) is 1.13. The highest BCUT2D eigenvalue weighted by molar-refractivity contribution is 5.78. The van der Waals surface area contributed by atoms with Crippen LogP contribution < -0.4 is 0 Å². The second-order valence-corrected chi connectivity index (χ2v) is 1.99. The van der Waals surface area contributed by atoms with Gasteiger partial charge >= 0.3 is 0 Å². The molecule has 49 valence electrons. The smallest absolute Gasteiger partial charge is 0.160 e. The van der Waals surface area contributed by atoms with Gasteiger partial charge in [-0.25, -0.2) is 0 Å². The molecule has 3 nitrogen and oxygen atoms in total. The summed E-state index contributed by atoms with van der Waals surface area (Å²) < 4.78 is 0. The van der Waals surface area contributed by atoms with Gasteiger partial charge in [-0.1, -0.05) is 11.2 Å². The van der Waals surface area contributed by atoms with E-state index in [1.807, 2.05) is 12.1 Å². The third-order valence-corrected chi connectivity index (χ3v) is 1.33. The number of rotatable bonds is 0. The topological polar surface area (TPSA) is 34.5 Å². The molecule has 0 amide bonds. The number of fused-ring (bicyclic) bond motifs is 1. The van der Waals surface area contributed by atoms with Crippen LogP contribution in [0.3, 0.4) is 0 Å². The van der Waals surface area contributed by atoms with Crippen molar-refractivity contribution in [2.24, 2.45) is 5.16 Å². The van der Waals surface area contributed by atoms with Gasteiger partial charge < -0.3 is 4.84 Å². The number of pyridine rings is 1. The zero-order valence-electron chi connectivity index (χ0n) is 5.24. The zero-order chi connectivity index (χ0) is 6.81. The Morgan fingerprint density at radius 3 is 3.50 bits per heavy atom. The first kappa shape index (κ1) is 5.41. The molecule has 0 spiro atoms. The highest BCUT2D eigenvalue weighted by atomic mass is 16.6. The van der Waals surface area contributed by atoms with Gasteiger partial charge in [-0.2, -0.15) is 0 Å². The minimum absolute atomic E-state index is 0.510. The van der Waals surface area contributed by atoms with Crippen molar-refractivity contribution in [3.8, 4) is 0 Å². The molecule has 1 aliphatic heterocycles. The maximum atomic E-state index is 4.77. The summed E-state index contributed by atoms with van der Waals surface area (Å²) in [7, 11) is 0. The van der Waals surface area contributed by atoms with E-state index in [1.54, 1.807) is 6.20 Å². The van der Waals surface area contributed by atoms with Crippen molar-refractivity contribution in [2.45, 2.75) is 6.61 Å². The van der Waals surface area contributed by atoms with Gasteiger partial charge in [0.2, 0.25) is 0 Å². The molecule has 10 heavy (non-hydrogen) atoms. The van der Waals surface area contributed by atoms with Crippen molar-refractivity contribution in [2.75, 3.05) is 0 Å². The molecule has 0 atom stereocenters. The van der Waals surface area contributed by atoms with Crippen LogP contribution >= 0.6 is 0 Å². The number of nitrogens with zero attached hydrogens (tertiary/aromatic N) is 2. The molecular weight excluding hydrogens is 128 g/mol. The molecule has 0 aliphatic carbocycles. The van der Waals surface area contributed by atoms with Gasteiger partial charge in [-0.15, -0.1) is 0 Å². The fraction of sp³-hybridized carbons (Fsp3) is 0.143. The fourth-order valence-corrected chi connectivity index (χ4v) is 0.833. The van der Waals surface area contributed by atoms with Crippen LogP contribution in [-0.4, -0.2) is 11.2 Å². The molecule has 0 N–H and O–H groups in total. The maximum absolute atomic E-state index is 4.77. The van der Waals surface area contributed by atoms with E-state index in [0.29, 0.717) is 6.61 Å². The summed E-state index contributed by atoms with van der Waals surface area (Å²) in [5, 5.41) is 3.51. The van der Waals surface area contributed by atoms with Crippen LogP contribution in [0.4, 0.5) is 0 Å². The van der Waals surface area contributed by atoms with Gasteiger partial charge in [-0.3, -0.25) is 4.98 Å². The lowest BCUT2D eigenvalue weighted by molar-refractivity contribution is 0.127. The Morgan fingerprint density at radius 1 is 1.60 bits per heavy atom. The Balaban J connectivity index is 2.54. The molecule has 0 aromatic carbocycles. The Hall–Kier alpha value is -1.38. The van der Waals surface area contributed by atoms with E-state index in [0.717, 1.165) is 11.3 Å². The van der Waals surface area contributed by atoms with E-state index >= 15 is 0 Å². The van der Waals surface area contributed by atoms with E-state index in [2.05, 4.69) is 16.4 Å². The third kappa shape index (κ3) is 0.757. The Labute approximate surface area is 58.3 Å². The lowest BCUT2D eigenvalue weighted by atomic mass is 10.2. The average Bonchev–Trinajstić information content (AvgIpc) is 2.05. The first-order chi connectivity index (χ1) is 4.97. The summed E-state index contributed by atoms with van der Waals surface area (Å²) in [5.74, 6) is 0. The Bertz CT molecular complexity index is 270. The van der Waals surface area contributed by atoms with Crippen LogP contribution in [0.5, 0.6) is 0 Å². The fourth-order valence-electron chi connectivity index (χ4n) is 0.833. The lowest BCUT2D eigenvalue weighted by Crippen LogP contribution is -2.02. The highest BCUT2D eigenvalue weighted by Crippen LogP contribution is 2.08. The van der Waals surface area contributed by atoms with E-state index in [9.17, 15) is 0 Å². The van der Waals surface area contributed by atoms with Gasteiger partial charge in [0.15, 0.2) is 6.21 Å². The molecule has 1 aromatic heterocycles. The van der Waals surface area contributed by atoms with Crippen molar-refractivity contribution in [3.05, 3.63) is 29.6 Å². The van der Waals surface area contributed by atoms with E-state index in [1.165, 1.54) is 0 Å². The number of aromatic nitrogens is 1. The highest BCUT2D eigenvalue weighted by Gasteiger charge is 2.05. The zero-order valence-corrected chi connectivity index (χ0v) is 5.24. The third-order valence-electron chi connectivity index (χ3n) is 1.33. The normalized spacial score (nSPS) is 14.0. The van der Waals surface area contributed by atoms with Gasteiger partial charge in [0.05, 0.1) is 0 Å². The van der Waals surface area contributed by atoms with E-state index in [4.69, 9.17) is 4.84 Å². The van der Waals surface area contributed by atoms with Crippen LogP contribution in [-0.2, 0) is 11.4 Å². The SMILES string of the molecule is [C]1=NOCc2cccnc21. The molecule has 0 fully saturated rings. The summed E-state index contributed by atoms with van der Waals surface area (Å²) in [4.78, 5) is 8.80. The molecule has 2 heterocycles. The standard InChI is InChI=1S/C7H5N2O/c1-2-6-5-10-9-4-7(6)8-3-1/h1-3H,5H2. The molecule has 1 aliphatic rings. The van der Waals surface area contributed by atoms with Crippen molar-refractivity contribution in [1.82, 2.24) is 4.98 Å². The van der Waals surface area contributed by atoms with Gasteiger partial charge in [0, 0.05) is 11.8 Å². The molecule has 3 heteroatoms. The first-order valence-electron chi connectivity index (χ1n) is 2.99. The second-order valence-electron chi connectivity index (χ2n) is 1.99. The molecular formula is C7H5N2O. The van der Waals surface area contributed by atoms with Crippen LogP contribution in [0.15, 0.2) is 23.5 Å². The van der Waals surface area contributed by atoms with E-state index < -0.39 is 0 Å². The van der Waals surface area contributed by atoms with Crippen molar-refractivity contribution in [1.29, 1.82) is 0 Å². The molecule has 0 unspecified atom stereocenters. The summed E-state index contributed by atoms with van der Waals surface area (Å²) in [6.07, 6.45) is 4.37. The maximum Gasteiger partial charge on any atom is 0.160 e. The quantitative estimate of drug-likeness (QED) is 0.525. The predicted molar refractivity (Wildman–Crippen MR) is 35.6 cm³/mol. The van der Waals surface area contributed by atoms with Crippen molar-refractivity contribution < 1.29 is 4.84 Å². The largest absolute Gasteiger partial charge is 0.390 e. The second kappa shape index (κ2) is 2.10. The molecule has 0 saturated heterocycles. The summed E-state index contributed by atoms with van der Waals surface area (Å²) >= 11 is 0. The van der Waals surface area contributed by atoms with Crippen molar-refractivity contribution in [3.63, 3.8) is 0 Å². The van der Waals surface area contributed by atoms with Gasteiger partial charge in [0.25, 0.3) is 0 Å². The summed E-state index contributed by atoms with van der Waals surface area (Å²) in [5.41, 5.74) is 1.83. The molecule has 2 rings (SSSR count). The van der Waals surface area contributed by atoms with Gasteiger partial charge in [-0.05, 0) is 6.07 Å².